The molecule has 0 amide bonds. The second kappa shape index (κ2) is 5.98. The van der Waals surface area contributed by atoms with Crippen molar-refractivity contribution in [3.63, 3.8) is 0 Å². The number of benzene rings is 1. The average molecular weight is 307 g/mol. The van der Waals surface area contributed by atoms with Gasteiger partial charge in [-0.3, -0.25) is 0 Å². The highest BCUT2D eigenvalue weighted by Crippen LogP contribution is 2.25. The molecule has 18 heavy (non-hydrogen) atoms. The van der Waals surface area contributed by atoms with Gasteiger partial charge < -0.3 is 10.1 Å². The summed E-state index contributed by atoms with van der Waals surface area (Å²) in [6.45, 7) is 2.77. The molecular formula is C14H15BrN2O. The Morgan fingerprint density at radius 3 is 2.67 bits per heavy atom. The summed E-state index contributed by atoms with van der Waals surface area (Å²) < 4.78 is 6.75. The fourth-order valence-electron chi connectivity index (χ4n) is 1.60. The lowest BCUT2D eigenvalue weighted by Crippen LogP contribution is -2.07. The number of halogens is 1. The minimum absolute atomic E-state index is 0.636. The molecule has 0 bridgehead atoms. The first-order valence-corrected chi connectivity index (χ1v) is 6.52. The lowest BCUT2D eigenvalue weighted by atomic mass is 10.2. The van der Waals surface area contributed by atoms with E-state index >= 15 is 0 Å². The maximum Gasteiger partial charge on any atom is 0.223 e. The van der Waals surface area contributed by atoms with Crippen LogP contribution in [0.4, 0.5) is 0 Å². The summed E-state index contributed by atoms with van der Waals surface area (Å²) in [5.74, 6) is 1.43. The zero-order valence-corrected chi connectivity index (χ0v) is 12.0. The molecule has 2 aromatic rings. The fraction of sp³-hybridized carbons (Fsp3) is 0.214. The van der Waals surface area contributed by atoms with Crippen molar-refractivity contribution < 1.29 is 4.74 Å². The topological polar surface area (TPSA) is 34.2 Å². The lowest BCUT2D eigenvalue weighted by molar-refractivity contribution is 0.454. The van der Waals surface area contributed by atoms with E-state index in [1.165, 1.54) is 5.56 Å². The van der Waals surface area contributed by atoms with Crippen molar-refractivity contribution in [2.75, 3.05) is 7.05 Å². The van der Waals surface area contributed by atoms with E-state index in [1.54, 1.807) is 6.20 Å². The summed E-state index contributed by atoms with van der Waals surface area (Å²) in [5.41, 5.74) is 2.23. The van der Waals surface area contributed by atoms with Crippen LogP contribution in [0.5, 0.6) is 11.6 Å². The number of rotatable bonds is 4. The first-order chi connectivity index (χ1) is 8.69. The SMILES string of the molecule is CNCc1cc(Br)cnc1Oc1ccc(C)cc1. The number of hydrogen-bond acceptors (Lipinski definition) is 3. The van der Waals surface area contributed by atoms with E-state index in [-0.39, 0.29) is 0 Å². The van der Waals surface area contributed by atoms with Gasteiger partial charge >= 0.3 is 0 Å². The van der Waals surface area contributed by atoms with Gasteiger partial charge in [0.2, 0.25) is 5.88 Å². The Kier molecular flexibility index (Phi) is 4.33. The molecule has 2 rings (SSSR count). The fourth-order valence-corrected chi connectivity index (χ4v) is 1.97. The summed E-state index contributed by atoms with van der Waals surface area (Å²) >= 11 is 3.42. The average Bonchev–Trinajstić information content (AvgIpc) is 2.36. The van der Waals surface area contributed by atoms with Gasteiger partial charge in [-0.1, -0.05) is 17.7 Å². The van der Waals surface area contributed by atoms with Crippen LogP contribution in [-0.4, -0.2) is 12.0 Å². The highest BCUT2D eigenvalue weighted by molar-refractivity contribution is 9.10. The number of aryl methyl sites for hydroxylation is 1. The number of hydrogen-bond donors (Lipinski definition) is 1. The summed E-state index contributed by atoms with van der Waals surface area (Å²) in [7, 11) is 1.90. The van der Waals surface area contributed by atoms with Gasteiger partial charge in [0.1, 0.15) is 5.75 Å². The number of pyridine rings is 1. The molecular weight excluding hydrogens is 292 g/mol. The Labute approximate surface area is 115 Å². The second-order valence-corrected chi connectivity index (χ2v) is 4.98. The molecule has 1 aromatic carbocycles. The second-order valence-electron chi connectivity index (χ2n) is 4.06. The highest BCUT2D eigenvalue weighted by atomic mass is 79.9. The smallest absolute Gasteiger partial charge is 0.223 e. The molecule has 1 heterocycles. The van der Waals surface area contributed by atoms with Gasteiger partial charge in [0.05, 0.1) is 0 Å². The van der Waals surface area contributed by atoms with Crippen molar-refractivity contribution in [2.24, 2.45) is 0 Å². The quantitative estimate of drug-likeness (QED) is 0.936. The van der Waals surface area contributed by atoms with Crippen molar-refractivity contribution in [1.29, 1.82) is 0 Å². The van der Waals surface area contributed by atoms with Crippen molar-refractivity contribution in [3.8, 4) is 11.6 Å². The van der Waals surface area contributed by atoms with Crippen LogP contribution in [0.1, 0.15) is 11.1 Å². The zero-order chi connectivity index (χ0) is 13.0. The third kappa shape index (κ3) is 3.31. The largest absolute Gasteiger partial charge is 0.439 e. The zero-order valence-electron chi connectivity index (χ0n) is 10.4. The summed E-state index contributed by atoms with van der Waals surface area (Å²) in [5, 5.41) is 3.11. The van der Waals surface area contributed by atoms with Crippen molar-refractivity contribution in [2.45, 2.75) is 13.5 Å². The molecule has 0 aliphatic rings. The molecule has 0 unspecified atom stereocenters. The van der Waals surface area contributed by atoms with Gasteiger partial charge in [-0.05, 0) is 48.1 Å². The predicted molar refractivity (Wildman–Crippen MR) is 76.0 cm³/mol. The Morgan fingerprint density at radius 1 is 1.28 bits per heavy atom. The Morgan fingerprint density at radius 2 is 2.00 bits per heavy atom. The van der Waals surface area contributed by atoms with E-state index in [9.17, 15) is 0 Å². The third-order valence-corrected chi connectivity index (χ3v) is 2.93. The Bertz CT molecular complexity index is 526. The van der Waals surface area contributed by atoms with Crippen LogP contribution in [0.25, 0.3) is 0 Å². The van der Waals surface area contributed by atoms with E-state index in [0.717, 1.165) is 15.8 Å². The molecule has 1 N–H and O–H groups in total. The predicted octanol–water partition coefficient (Wildman–Crippen LogP) is 3.66. The maximum atomic E-state index is 5.80. The van der Waals surface area contributed by atoms with Gasteiger partial charge in [-0.2, -0.15) is 0 Å². The van der Waals surface area contributed by atoms with E-state index in [0.29, 0.717) is 12.4 Å². The van der Waals surface area contributed by atoms with Crippen LogP contribution < -0.4 is 10.1 Å². The molecule has 0 saturated heterocycles. The van der Waals surface area contributed by atoms with E-state index in [2.05, 4.69) is 26.2 Å². The van der Waals surface area contributed by atoms with E-state index in [4.69, 9.17) is 4.74 Å². The van der Waals surface area contributed by atoms with Crippen molar-refractivity contribution in [1.82, 2.24) is 10.3 Å². The van der Waals surface area contributed by atoms with Gasteiger partial charge in [0, 0.05) is 22.8 Å². The van der Waals surface area contributed by atoms with Crippen LogP contribution in [-0.2, 0) is 6.54 Å². The van der Waals surface area contributed by atoms with Gasteiger partial charge in [-0.25, -0.2) is 4.98 Å². The number of nitrogens with one attached hydrogen (secondary N) is 1. The molecule has 94 valence electrons. The van der Waals surface area contributed by atoms with E-state index < -0.39 is 0 Å². The van der Waals surface area contributed by atoms with Crippen molar-refractivity contribution in [3.05, 3.63) is 52.1 Å². The highest BCUT2D eigenvalue weighted by Gasteiger charge is 2.07. The minimum atomic E-state index is 0.636. The van der Waals surface area contributed by atoms with Crippen LogP contribution >= 0.6 is 15.9 Å². The minimum Gasteiger partial charge on any atom is -0.439 e. The first-order valence-electron chi connectivity index (χ1n) is 5.72. The van der Waals surface area contributed by atoms with Gasteiger partial charge in [0.15, 0.2) is 0 Å². The van der Waals surface area contributed by atoms with Crippen LogP contribution in [0.3, 0.4) is 0 Å². The number of ether oxygens (including phenoxy) is 1. The van der Waals surface area contributed by atoms with Crippen LogP contribution in [0.15, 0.2) is 41.0 Å². The van der Waals surface area contributed by atoms with Crippen LogP contribution in [0.2, 0.25) is 0 Å². The lowest BCUT2D eigenvalue weighted by Gasteiger charge is -2.10. The molecule has 0 fully saturated rings. The molecule has 0 aliphatic heterocycles. The number of aromatic nitrogens is 1. The van der Waals surface area contributed by atoms with Gasteiger partial charge in [-0.15, -0.1) is 0 Å². The summed E-state index contributed by atoms with van der Waals surface area (Å²) in [6, 6.07) is 9.94. The molecule has 0 aliphatic carbocycles. The van der Waals surface area contributed by atoms with E-state index in [1.807, 2.05) is 44.3 Å². The number of nitrogens with zero attached hydrogens (tertiary/aromatic N) is 1. The third-order valence-electron chi connectivity index (χ3n) is 2.49. The molecule has 0 atom stereocenters. The Hall–Kier alpha value is -1.39. The molecule has 1 aromatic heterocycles. The van der Waals surface area contributed by atoms with Crippen LogP contribution in [0, 0.1) is 6.92 Å². The molecule has 0 saturated carbocycles. The van der Waals surface area contributed by atoms with Gasteiger partial charge in [0.25, 0.3) is 0 Å². The summed E-state index contributed by atoms with van der Waals surface area (Å²) in [4.78, 5) is 4.31. The summed E-state index contributed by atoms with van der Waals surface area (Å²) in [6.07, 6.45) is 1.74. The monoisotopic (exact) mass is 306 g/mol. The first kappa shape index (κ1) is 13.1. The normalized spacial score (nSPS) is 10.4. The Balaban J connectivity index is 2.25. The molecule has 3 nitrogen and oxygen atoms in total. The maximum absolute atomic E-state index is 5.80. The standard InChI is InChI=1S/C14H15BrN2O/c1-10-3-5-13(6-4-10)18-14-11(8-16-2)7-12(15)9-17-14/h3-7,9,16H,8H2,1-2H3. The van der Waals surface area contributed by atoms with Crippen molar-refractivity contribution >= 4 is 15.9 Å². The molecule has 0 spiro atoms. The molecule has 0 radical (unpaired) electrons. The molecule has 4 heteroatoms.